The second kappa shape index (κ2) is 1.23. The van der Waals surface area contributed by atoms with Crippen LogP contribution in [0.3, 0.4) is 0 Å². The largest absolute Gasteiger partial charge is 0.370 e. The summed E-state index contributed by atoms with van der Waals surface area (Å²) >= 11 is 0. The second-order valence-electron chi connectivity index (χ2n) is 3.10. The van der Waals surface area contributed by atoms with Gasteiger partial charge in [-0.15, -0.1) is 0 Å². The van der Waals surface area contributed by atoms with Gasteiger partial charge in [0, 0.05) is 6.04 Å². The van der Waals surface area contributed by atoms with Crippen molar-refractivity contribution in [3.63, 3.8) is 0 Å². The maximum atomic E-state index is 6.91. The number of guanidine groups is 1. The van der Waals surface area contributed by atoms with Crippen LogP contribution in [0.4, 0.5) is 0 Å². The summed E-state index contributed by atoms with van der Waals surface area (Å²) in [6.45, 7) is 2.24. The minimum Gasteiger partial charge on any atom is -0.370 e. The van der Waals surface area contributed by atoms with Gasteiger partial charge in [0.05, 0.1) is 0 Å². The lowest BCUT2D eigenvalue weighted by Crippen LogP contribution is -2.36. The predicted octanol–water partition coefficient (Wildman–Crippen LogP) is -0.266. The zero-order chi connectivity index (χ0) is 6.59. The number of nitrogens with two attached hydrogens (primary N) is 1. The van der Waals surface area contributed by atoms with Gasteiger partial charge in [-0.25, -0.2) is 0 Å². The van der Waals surface area contributed by atoms with Crippen molar-refractivity contribution in [3.8, 4) is 0 Å². The Labute approximate surface area is 54.1 Å². The molecule has 0 saturated heterocycles. The molecule has 2 aliphatic carbocycles. The molecule has 50 valence electrons. The van der Waals surface area contributed by atoms with Crippen LogP contribution in [0.5, 0.6) is 0 Å². The molecule has 2 fully saturated rings. The minimum absolute atomic E-state index is 0.124. The van der Waals surface area contributed by atoms with Crippen molar-refractivity contribution >= 4 is 5.96 Å². The van der Waals surface area contributed by atoms with Crippen molar-refractivity contribution in [2.24, 2.45) is 23.5 Å². The molecule has 9 heavy (non-hydrogen) atoms. The van der Waals surface area contributed by atoms with E-state index in [-0.39, 0.29) is 5.96 Å². The van der Waals surface area contributed by atoms with Gasteiger partial charge < -0.3 is 11.1 Å². The maximum Gasteiger partial charge on any atom is 0.185 e. The highest BCUT2D eigenvalue weighted by Gasteiger charge is 2.71. The lowest BCUT2D eigenvalue weighted by atomic mass is 10.2. The third-order valence-corrected chi connectivity index (χ3v) is 2.53. The van der Waals surface area contributed by atoms with Gasteiger partial charge in [0.15, 0.2) is 5.96 Å². The van der Waals surface area contributed by atoms with E-state index >= 15 is 0 Å². The van der Waals surface area contributed by atoms with E-state index in [0.717, 1.165) is 17.8 Å². The first-order valence-electron chi connectivity index (χ1n) is 3.32. The van der Waals surface area contributed by atoms with Gasteiger partial charge in [-0.2, -0.15) is 0 Å². The second-order valence-corrected chi connectivity index (χ2v) is 3.10. The van der Waals surface area contributed by atoms with Gasteiger partial charge in [0.1, 0.15) is 0 Å². The Morgan fingerprint density at radius 1 is 1.56 bits per heavy atom. The van der Waals surface area contributed by atoms with Crippen molar-refractivity contribution in [3.05, 3.63) is 0 Å². The standard InChI is InChI=1S/C6H11N3/c1-2-3-4(2)5(3)9-6(7)8/h2-5H,1H3,(H4,7,8,9). The van der Waals surface area contributed by atoms with Crippen LogP contribution < -0.4 is 11.1 Å². The fourth-order valence-electron chi connectivity index (χ4n) is 1.77. The highest BCUT2D eigenvalue weighted by molar-refractivity contribution is 5.75. The first-order valence-corrected chi connectivity index (χ1v) is 3.32. The van der Waals surface area contributed by atoms with E-state index in [1.165, 1.54) is 0 Å². The van der Waals surface area contributed by atoms with E-state index in [2.05, 4.69) is 12.2 Å². The van der Waals surface area contributed by atoms with Crippen molar-refractivity contribution < 1.29 is 0 Å². The number of nitrogens with one attached hydrogen (secondary N) is 2. The normalized spacial score (nSPS) is 51.7. The first-order chi connectivity index (χ1) is 4.22. The van der Waals surface area contributed by atoms with Crippen molar-refractivity contribution in [2.45, 2.75) is 13.0 Å². The quantitative estimate of drug-likeness (QED) is 0.334. The van der Waals surface area contributed by atoms with E-state index in [4.69, 9.17) is 11.1 Å². The van der Waals surface area contributed by atoms with Crippen LogP contribution in [-0.2, 0) is 0 Å². The molecule has 0 bridgehead atoms. The molecule has 4 N–H and O–H groups in total. The molecule has 2 unspecified atom stereocenters. The van der Waals surface area contributed by atoms with Gasteiger partial charge in [-0.3, -0.25) is 5.41 Å². The van der Waals surface area contributed by atoms with Crippen LogP contribution in [0.15, 0.2) is 0 Å². The van der Waals surface area contributed by atoms with Gasteiger partial charge >= 0.3 is 0 Å². The van der Waals surface area contributed by atoms with Crippen LogP contribution in [0, 0.1) is 23.2 Å². The summed E-state index contributed by atoms with van der Waals surface area (Å²) in [6, 6.07) is 0.567. The van der Waals surface area contributed by atoms with Crippen LogP contribution in [0.1, 0.15) is 6.92 Å². The molecule has 2 atom stereocenters. The van der Waals surface area contributed by atoms with Crippen LogP contribution in [0.25, 0.3) is 0 Å². The Morgan fingerprint density at radius 3 is 2.44 bits per heavy atom. The van der Waals surface area contributed by atoms with Crippen LogP contribution >= 0.6 is 0 Å². The molecule has 2 aliphatic rings. The number of rotatable bonds is 1. The van der Waals surface area contributed by atoms with E-state index in [9.17, 15) is 0 Å². The molecule has 0 spiro atoms. The van der Waals surface area contributed by atoms with E-state index < -0.39 is 0 Å². The van der Waals surface area contributed by atoms with Gasteiger partial charge in [0.2, 0.25) is 0 Å². The fraction of sp³-hybridized carbons (Fsp3) is 0.833. The monoisotopic (exact) mass is 125 g/mol. The van der Waals surface area contributed by atoms with E-state index in [1.807, 2.05) is 0 Å². The number of fused-ring (bicyclic) bond motifs is 1. The zero-order valence-electron chi connectivity index (χ0n) is 5.39. The van der Waals surface area contributed by atoms with Crippen LogP contribution in [-0.4, -0.2) is 12.0 Å². The molecule has 2 saturated carbocycles. The lowest BCUT2D eigenvalue weighted by molar-refractivity contribution is 0.558. The minimum atomic E-state index is 0.124. The molecule has 3 heteroatoms. The van der Waals surface area contributed by atoms with E-state index in [1.54, 1.807) is 0 Å². The first kappa shape index (κ1) is 5.09. The van der Waals surface area contributed by atoms with Crippen LogP contribution in [0.2, 0.25) is 0 Å². The highest BCUT2D eigenvalue weighted by atomic mass is 15.1. The molecule has 0 radical (unpaired) electrons. The van der Waals surface area contributed by atoms with Crippen molar-refractivity contribution in [1.82, 2.24) is 5.32 Å². The Bertz CT molecular complexity index is 156. The van der Waals surface area contributed by atoms with Gasteiger partial charge in [0.25, 0.3) is 0 Å². The summed E-state index contributed by atoms with van der Waals surface area (Å²) < 4.78 is 0. The SMILES string of the molecule is CC1C2C(NC(=N)N)C12. The molecule has 0 aromatic rings. The average Bonchev–Trinajstić information content (AvgIpc) is 2.55. The molecule has 0 amide bonds. The molecule has 0 aromatic carbocycles. The summed E-state index contributed by atoms with van der Waals surface area (Å²) in [4.78, 5) is 0. The lowest BCUT2D eigenvalue weighted by Gasteiger charge is -2.08. The van der Waals surface area contributed by atoms with E-state index in [0.29, 0.717) is 6.04 Å². The molecular weight excluding hydrogens is 114 g/mol. The fourth-order valence-corrected chi connectivity index (χ4v) is 1.77. The predicted molar refractivity (Wildman–Crippen MR) is 35.0 cm³/mol. The van der Waals surface area contributed by atoms with Gasteiger partial charge in [-0.05, 0) is 17.8 Å². The number of hydrogen-bond donors (Lipinski definition) is 3. The zero-order valence-corrected chi connectivity index (χ0v) is 5.39. The molecular formula is C6H11N3. The highest BCUT2D eigenvalue weighted by Crippen LogP contribution is 2.67. The maximum absolute atomic E-state index is 6.91. The van der Waals surface area contributed by atoms with Crippen molar-refractivity contribution in [2.75, 3.05) is 0 Å². The summed E-state index contributed by atoms with van der Waals surface area (Å²) in [6.07, 6.45) is 0. The third-order valence-electron chi connectivity index (χ3n) is 2.53. The van der Waals surface area contributed by atoms with Crippen molar-refractivity contribution in [1.29, 1.82) is 5.41 Å². The van der Waals surface area contributed by atoms with Gasteiger partial charge in [-0.1, -0.05) is 6.92 Å². The summed E-state index contributed by atoms with van der Waals surface area (Å²) in [5, 5.41) is 9.82. The smallest absolute Gasteiger partial charge is 0.185 e. The molecule has 2 rings (SSSR count). The average molecular weight is 125 g/mol. The Balaban J connectivity index is 1.77. The number of hydrogen-bond acceptors (Lipinski definition) is 1. The Morgan fingerprint density at radius 2 is 2.11 bits per heavy atom. The summed E-state index contributed by atoms with van der Waals surface area (Å²) in [5.74, 6) is 2.74. The molecule has 0 heterocycles. The summed E-state index contributed by atoms with van der Waals surface area (Å²) in [7, 11) is 0. The summed E-state index contributed by atoms with van der Waals surface area (Å²) in [5.41, 5.74) is 5.13. The Hall–Kier alpha value is -0.730. The Kier molecular flexibility index (Phi) is 0.693. The molecule has 0 aromatic heterocycles. The third kappa shape index (κ3) is 0.544. The molecule has 3 nitrogen and oxygen atoms in total. The molecule has 0 aliphatic heterocycles. The topological polar surface area (TPSA) is 61.9 Å².